The molecule has 1 fully saturated rings. The highest BCUT2D eigenvalue weighted by Gasteiger charge is 2.54. The highest BCUT2D eigenvalue weighted by atomic mass is 16.2. The van der Waals surface area contributed by atoms with Gasteiger partial charge in [-0.2, -0.15) is 0 Å². The molecule has 8 nitrogen and oxygen atoms in total. The number of urea groups is 1. The molecule has 0 aromatic heterocycles. The van der Waals surface area contributed by atoms with Crippen molar-refractivity contribution in [1.82, 2.24) is 15.1 Å². The Labute approximate surface area is 209 Å². The van der Waals surface area contributed by atoms with Crippen LogP contribution in [0.1, 0.15) is 35.3 Å². The number of nitrogens with one attached hydrogen (secondary N) is 2. The SMILES string of the molecule is CCN(CC)C(=O)c1cccc(NC(=O)CN2C(=O)NC(c3ccccc3)(c3ccccc3)C2=O)c1. The Kier molecular flexibility index (Phi) is 7.15. The number of hydrogen-bond acceptors (Lipinski definition) is 4. The lowest BCUT2D eigenvalue weighted by molar-refractivity contribution is -0.133. The fourth-order valence-electron chi connectivity index (χ4n) is 4.42. The quantitative estimate of drug-likeness (QED) is 0.477. The van der Waals surface area contributed by atoms with E-state index in [1.165, 1.54) is 0 Å². The Bertz CT molecular complexity index is 1230. The van der Waals surface area contributed by atoms with E-state index < -0.39 is 29.9 Å². The highest BCUT2D eigenvalue weighted by Crippen LogP contribution is 2.35. The highest BCUT2D eigenvalue weighted by molar-refractivity contribution is 6.12. The molecule has 2 N–H and O–H groups in total. The summed E-state index contributed by atoms with van der Waals surface area (Å²) in [4.78, 5) is 54.9. The Morgan fingerprint density at radius 1 is 0.861 bits per heavy atom. The summed E-state index contributed by atoms with van der Waals surface area (Å²) in [7, 11) is 0. The lowest BCUT2D eigenvalue weighted by atomic mass is 9.82. The largest absolute Gasteiger partial charge is 0.339 e. The number of amides is 5. The maximum absolute atomic E-state index is 13.7. The topological polar surface area (TPSA) is 98.8 Å². The number of carbonyl (C=O) groups is 4. The molecule has 36 heavy (non-hydrogen) atoms. The zero-order chi connectivity index (χ0) is 25.7. The van der Waals surface area contributed by atoms with Crippen molar-refractivity contribution < 1.29 is 19.2 Å². The molecule has 8 heteroatoms. The monoisotopic (exact) mass is 484 g/mol. The number of imide groups is 1. The van der Waals surface area contributed by atoms with Crippen molar-refractivity contribution in [1.29, 1.82) is 0 Å². The van der Waals surface area contributed by atoms with Crippen molar-refractivity contribution >= 4 is 29.4 Å². The van der Waals surface area contributed by atoms with Crippen LogP contribution >= 0.6 is 0 Å². The second-order valence-corrected chi connectivity index (χ2v) is 8.41. The minimum Gasteiger partial charge on any atom is -0.339 e. The normalized spacial score (nSPS) is 14.3. The first-order valence-corrected chi connectivity index (χ1v) is 11.8. The van der Waals surface area contributed by atoms with Crippen LogP contribution in [-0.2, 0) is 15.1 Å². The van der Waals surface area contributed by atoms with Crippen molar-refractivity contribution in [2.75, 3.05) is 25.0 Å². The molecule has 1 saturated heterocycles. The Hall–Kier alpha value is -4.46. The predicted octanol–water partition coefficient (Wildman–Crippen LogP) is 3.60. The fourth-order valence-corrected chi connectivity index (χ4v) is 4.42. The van der Waals surface area contributed by atoms with E-state index in [9.17, 15) is 19.2 Å². The van der Waals surface area contributed by atoms with E-state index in [-0.39, 0.29) is 5.91 Å². The lowest BCUT2D eigenvalue weighted by Crippen LogP contribution is -2.45. The first-order valence-electron chi connectivity index (χ1n) is 11.8. The molecular formula is C28H28N4O4. The van der Waals surface area contributed by atoms with Gasteiger partial charge in [0.1, 0.15) is 6.54 Å². The van der Waals surface area contributed by atoms with Gasteiger partial charge in [-0.3, -0.25) is 19.3 Å². The summed E-state index contributed by atoms with van der Waals surface area (Å²) in [5.41, 5.74) is 0.608. The van der Waals surface area contributed by atoms with Crippen LogP contribution in [0.15, 0.2) is 84.9 Å². The molecule has 184 valence electrons. The van der Waals surface area contributed by atoms with Gasteiger partial charge in [0.05, 0.1) is 0 Å². The molecule has 0 saturated carbocycles. The van der Waals surface area contributed by atoms with Crippen LogP contribution in [0.5, 0.6) is 0 Å². The Morgan fingerprint density at radius 2 is 1.44 bits per heavy atom. The number of benzene rings is 3. The number of nitrogens with zero attached hydrogens (tertiary/aromatic N) is 2. The van der Waals surface area contributed by atoms with E-state index in [0.29, 0.717) is 35.5 Å². The summed E-state index contributed by atoms with van der Waals surface area (Å²) >= 11 is 0. The van der Waals surface area contributed by atoms with E-state index in [1.807, 2.05) is 26.0 Å². The van der Waals surface area contributed by atoms with Crippen LogP contribution in [0.3, 0.4) is 0 Å². The average Bonchev–Trinajstić information content (AvgIpc) is 3.16. The maximum atomic E-state index is 13.7. The third-order valence-electron chi connectivity index (χ3n) is 6.26. The summed E-state index contributed by atoms with van der Waals surface area (Å²) in [6, 6.07) is 23.8. The molecule has 4 rings (SSSR count). The van der Waals surface area contributed by atoms with Gasteiger partial charge in [-0.1, -0.05) is 66.7 Å². The molecule has 1 aliphatic rings. The summed E-state index contributed by atoms with van der Waals surface area (Å²) in [5, 5.41) is 5.53. The molecule has 3 aromatic carbocycles. The zero-order valence-corrected chi connectivity index (χ0v) is 20.2. The molecule has 0 unspecified atom stereocenters. The first kappa shape index (κ1) is 24.7. The second kappa shape index (κ2) is 10.4. The lowest BCUT2D eigenvalue weighted by Gasteiger charge is -2.28. The van der Waals surface area contributed by atoms with Gasteiger partial charge in [0, 0.05) is 24.3 Å². The maximum Gasteiger partial charge on any atom is 0.326 e. The summed E-state index contributed by atoms with van der Waals surface area (Å²) in [6.45, 7) is 4.47. The Morgan fingerprint density at radius 3 is 2.00 bits per heavy atom. The smallest absolute Gasteiger partial charge is 0.326 e. The molecule has 0 atom stereocenters. The van der Waals surface area contributed by atoms with Gasteiger partial charge < -0.3 is 15.5 Å². The van der Waals surface area contributed by atoms with Crippen LogP contribution in [0.2, 0.25) is 0 Å². The van der Waals surface area contributed by atoms with Crippen LogP contribution in [-0.4, -0.2) is 53.2 Å². The van der Waals surface area contributed by atoms with Gasteiger partial charge in [0.25, 0.3) is 11.8 Å². The van der Waals surface area contributed by atoms with Crippen LogP contribution in [0.4, 0.5) is 10.5 Å². The minimum absolute atomic E-state index is 0.138. The molecule has 1 heterocycles. The third-order valence-corrected chi connectivity index (χ3v) is 6.26. The van der Waals surface area contributed by atoms with E-state index >= 15 is 0 Å². The average molecular weight is 485 g/mol. The van der Waals surface area contributed by atoms with E-state index in [0.717, 1.165) is 4.90 Å². The van der Waals surface area contributed by atoms with Gasteiger partial charge in [0.15, 0.2) is 5.54 Å². The summed E-state index contributed by atoms with van der Waals surface area (Å²) in [5.74, 6) is -1.23. The second-order valence-electron chi connectivity index (χ2n) is 8.41. The van der Waals surface area contributed by atoms with Crippen molar-refractivity contribution in [2.45, 2.75) is 19.4 Å². The molecule has 1 aliphatic heterocycles. The van der Waals surface area contributed by atoms with E-state index in [2.05, 4.69) is 10.6 Å². The molecule has 0 spiro atoms. The van der Waals surface area contributed by atoms with Crippen molar-refractivity contribution in [3.8, 4) is 0 Å². The van der Waals surface area contributed by atoms with Gasteiger partial charge in [-0.05, 0) is 43.2 Å². The zero-order valence-electron chi connectivity index (χ0n) is 20.2. The number of rotatable bonds is 8. The van der Waals surface area contributed by atoms with E-state index in [4.69, 9.17) is 0 Å². The molecule has 0 aliphatic carbocycles. The van der Waals surface area contributed by atoms with Gasteiger partial charge in [0.2, 0.25) is 5.91 Å². The number of hydrogen-bond donors (Lipinski definition) is 2. The van der Waals surface area contributed by atoms with Gasteiger partial charge in [-0.15, -0.1) is 0 Å². The molecule has 3 aromatic rings. The van der Waals surface area contributed by atoms with Crippen LogP contribution < -0.4 is 10.6 Å². The molecule has 0 radical (unpaired) electrons. The molecular weight excluding hydrogens is 456 g/mol. The summed E-state index contributed by atoms with van der Waals surface area (Å²) in [6.07, 6.45) is 0. The predicted molar refractivity (Wildman–Crippen MR) is 136 cm³/mol. The number of carbonyl (C=O) groups excluding carboxylic acids is 4. The first-order chi connectivity index (χ1) is 17.4. The van der Waals surface area contributed by atoms with Gasteiger partial charge >= 0.3 is 6.03 Å². The van der Waals surface area contributed by atoms with Crippen LogP contribution in [0.25, 0.3) is 0 Å². The number of anilines is 1. The van der Waals surface area contributed by atoms with Crippen molar-refractivity contribution in [3.05, 3.63) is 102 Å². The fraction of sp³-hybridized carbons (Fsp3) is 0.214. The third kappa shape index (κ3) is 4.57. The van der Waals surface area contributed by atoms with Crippen LogP contribution in [0, 0.1) is 0 Å². The van der Waals surface area contributed by atoms with Crippen molar-refractivity contribution in [2.24, 2.45) is 0 Å². The van der Waals surface area contributed by atoms with Crippen molar-refractivity contribution in [3.63, 3.8) is 0 Å². The molecule has 0 bridgehead atoms. The van der Waals surface area contributed by atoms with E-state index in [1.54, 1.807) is 77.7 Å². The van der Waals surface area contributed by atoms with Gasteiger partial charge in [-0.25, -0.2) is 4.79 Å². The minimum atomic E-state index is -1.43. The standard InChI is InChI=1S/C28H28N4O4/c1-3-31(4-2)25(34)20-12-11-17-23(18-20)29-24(33)19-32-26(35)28(30-27(32)36,21-13-7-5-8-14-21)22-15-9-6-10-16-22/h5-18H,3-4,19H2,1-2H3,(H,29,33)(H,30,36). The Balaban J connectivity index is 1.56. The summed E-state index contributed by atoms with van der Waals surface area (Å²) < 4.78 is 0. The molecule has 5 amide bonds.